The predicted molar refractivity (Wildman–Crippen MR) is 102 cm³/mol. The van der Waals surface area contributed by atoms with E-state index in [2.05, 4.69) is 0 Å². The number of hydrogen-bond donors (Lipinski definition) is 0. The summed E-state index contributed by atoms with van der Waals surface area (Å²) in [5.74, 6) is -3.26. The summed E-state index contributed by atoms with van der Waals surface area (Å²) < 4.78 is 59.9. The van der Waals surface area contributed by atoms with Crippen LogP contribution in [0.15, 0.2) is 50.5 Å². The van der Waals surface area contributed by atoms with E-state index < -0.39 is 33.3 Å². The Balaban J connectivity index is 1.51. The Labute approximate surface area is 170 Å². The number of piperazine rings is 1. The van der Waals surface area contributed by atoms with Crippen molar-refractivity contribution >= 4 is 27.0 Å². The van der Waals surface area contributed by atoms with Gasteiger partial charge in [0.15, 0.2) is 17.2 Å². The second-order valence-electron chi connectivity index (χ2n) is 6.88. The second-order valence-corrected chi connectivity index (χ2v) is 8.82. The van der Waals surface area contributed by atoms with Crippen molar-refractivity contribution in [3.8, 4) is 0 Å². The van der Waals surface area contributed by atoms with E-state index in [1.165, 1.54) is 45.1 Å². The molecule has 8 nitrogen and oxygen atoms in total. The van der Waals surface area contributed by atoms with Crippen LogP contribution in [0.25, 0.3) is 11.1 Å². The maximum absolute atomic E-state index is 13.4. The van der Waals surface area contributed by atoms with Gasteiger partial charge in [-0.05, 0) is 30.3 Å². The van der Waals surface area contributed by atoms with E-state index in [0.717, 1.165) is 12.1 Å². The SMILES string of the molecule is Cn1c(=O)oc2cc(S(=O)(=O)N3CCN(C(=O)c4ccc(F)c(F)c4)CC3)ccc21. The molecule has 1 aliphatic heterocycles. The lowest BCUT2D eigenvalue weighted by Crippen LogP contribution is -2.50. The van der Waals surface area contributed by atoms with Gasteiger partial charge >= 0.3 is 5.76 Å². The molecule has 2 aromatic carbocycles. The van der Waals surface area contributed by atoms with Crippen LogP contribution in [0.5, 0.6) is 0 Å². The number of carbonyl (C=O) groups is 1. The number of oxazole rings is 1. The summed E-state index contributed by atoms with van der Waals surface area (Å²) in [5.41, 5.74) is 0.631. The molecule has 0 unspecified atom stereocenters. The fourth-order valence-electron chi connectivity index (χ4n) is 3.37. The third-order valence-electron chi connectivity index (χ3n) is 5.09. The van der Waals surface area contributed by atoms with Crippen LogP contribution >= 0.6 is 0 Å². The van der Waals surface area contributed by atoms with Gasteiger partial charge in [0.05, 0.1) is 10.4 Å². The minimum absolute atomic E-state index is 0.00485. The minimum atomic E-state index is -3.87. The Kier molecular flexibility index (Phi) is 4.94. The van der Waals surface area contributed by atoms with E-state index >= 15 is 0 Å². The van der Waals surface area contributed by atoms with Gasteiger partial charge in [-0.15, -0.1) is 0 Å². The highest BCUT2D eigenvalue weighted by Gasteiger charge is 2.31. The molecule has 0 aliphatic carbocycles. The van der Waals surface area contributed by atoms with Crippen molar-refractivity contribution in [3.63, 3.8) is 0 Å². The van der Waals surface area contributed by atoms with Crippen molar-refractivity contribution in [3.05, 3.63) is 64.1 Å². The molecule has 11 heteroatoms. The van der Waals surface area contributed by atoms with Crippen LogP contribution in [0.1, 0.15) is 10.4 Å². The molecule has 0 atom stereocenters. The normalized spacial score (nSPS) is 15.6. The first kappa shape index (κ1) is 20.2. The fraction of sp³-hybridized carbons (Fsp3) is 0.263. The van der Waals surface area contributed by atoms with Crippen molar-refractivity contribution < 1.29 is 26.4 Å². The number of aromatic nitrogens is 1. The molecule has 1 aliphatic rings. The number of fused-ring (bicyclic) bond motifs is 1. The quantitative estimate of drug-likeness (QED) is 0.620. The van der Waals surface area contributed by atoms with Crippen LogP contribution in [0.2, 0.25) is 0 Å². The number of halogens is 2. The maximum Gasteiger partial charge on any atom is 0.419 e. The van der Waals surface area contributed by atoms with E-state index in [-0.39, 0.29) is 42.2 Å². The third-order valence-corrected chi connectivity index (χ3v) is 6.99. The van der Waals surface area contributed by atoms with Gasteiger partial charge in [-0.2, -0.15) is 4.31 Å². The topological polar surface area (TPSA) is 92.8 Å². The molecule has 0 bridgehead atoms. The first-order chi connectivity index (χ1) is 14.2. The summed E-state index contributed by atoms with van der Waals surface area (Å²) in [7, 11) is -2.35. The molecule has 30 heavy (non-hydrogen) atoms. The molecule has 0 radical (unpaired) electrons. The first-order valence-electron chi connectivity index (χ1n) is 9.02. The van der Waals surface area contributed by atoms with Crippen molar-refractivity contribution in [1.29, 1.82) is 0 Å². The van der Waals surface area contributed by atoms with Gasteiger partial charge in [0.1, 0.15) is 0 Å². The summed E-state index contributed by atoms with van der Waals surface area (Å²) >= 11 is 0. The number of carbonyl (C=O) groups excluding carboxylic acids is 1. The highest BCUT2D eigenvalue weighted by atomic mass is 32.2. The monoisotopic (exact) mass is 437 g/mol. The number of amides is 1. The second kappa shape index (κ2) is 7.33. The molecule has 1 amide bonds. The Morgan fingerprint density at radius 3 is 2.37 bits per heavy atom. The Morgan fingerprint density at radius 1 is 1.00 bits per heavy atom. The number of nitrogens with zero attached hydrogens (tertiary/aromatic N) is 3. The molecular weight excluding hydrogens is 420 g/mol. The van der Waals surface area contributed by atoms with Gasteiger partial charge in [0.25, 0.3) is 5.91 Å². The summed E-state index contributed by atoms with van der Waals surface area (Å²) in [4.78, 5) is 25.5. The molecule has 2 heterocycles. The molecule has 1 saturated heterocycles. The van der Waals surface area contributed by atoms with Gasteiger partial charge in [-0.25, -0.2) is 22.0 Å². The molecular formula is C19H17F2N3O5S. The largest absolute Gasteiger partial charge is 0.419 e. The van der Waals surface area contributed by atoms with Crippen molar-refractivity contribution in [2.75, 3.05) is 26.2 Å². The number of hydrogen-bond acceptors (Lipinski definition) is 5. The van der Waals surface area contributed by atoms with Gasteiger partial charge in [-0.1, -0.05) is 0 Å². The van der Waals surface area contributed by atoms with Gasteiger partial charge in [0, 0.05) is 44.9 Å². The molecule has 0 N–H and O–H groups in total. The lowest BCUT2D eigenvalue weighted by atomic mass is 10.1. The lowest BCUT2D eigenvalue weighted by Gasteiger charge is -2.34. The zero-order valence-corrected chi connectivity index (χ0v) is 16.7. The lowest BCUT2D eigenvalue weighted by molar-refractivity contribution is 0.0697. The van der Waals surface area contributed by atoms with Crippen LogP contribution in [-0.4, -0.2) is 54.3 Å². The van der Waals surface area contributed by atoms with E-state index in [4.69, 9.17) is 4.42 Å². The van der Waals surface area contributed by atoms with Crippen LogP contribution in [0.3, 0.4) is 0 Å². The average molecular weight is 437 g/mol. The minimum Gasteiger partial charge on any atom is -0.408 e. The zero-order chi connectivity index (χ0) is 21.6. The highest BCUT2D eigenvalue weighted by molar-refractivity contribution is 7.89. The standard InChI is InChI=1S/C19H17F2N3O5S/c1-22-16-5-3-13(11-17(16)29-19(22)26)30(27,28)24-8-6-23(7-9-24)18(25)12-2-4-14(20)15(21)10-12/h2-5,10-11H,6-9H2,1H3. The van der Waals surface area contributed by atoms with Crippen LogP contribution < -0.4 is 5.76 Å². The van der Waals surface area contributed by atoms with Crippen LogP contribution in [0.4, 0.5) is 8.78 Å². The fourth-order valence-corrected chi connectivity index (χ4v) is 4.81. The van der Waals surface area contributed by atoms with Gasteiger partial charge < -0.3 is 9.32 Å². The van der Waals surface area contributed by atoms with E-state index in [0.29, 0.717) is 5.52 Å². The van der Waals surface area contributed by atoms with Crippen LogP contribution in [-0.2, 0) is 17.1 Å². The smallest absolute Gasteiger partial charge is 0.408 e. The summed E-state index contributed by atoms with van der Waals surface area (Å²) in [6, 6.07) is 7.07. The first-order valence-corrected chi connectivity index (χ1v) is 10.5. The van der Waals surface area contributed by atoms with Gasteiger partial charge in [0.2, 0.25) is 10.0 Å². The molecule has 1 fully saturated rings. The summed E-state index contributed by atoms with van der Waals surface area (Å²) in [5, 5.41) is 0. The van der Waals surface area contributed by atoms with E-state index in [1.54, 1.807) is 0 Å². The molecule has 158 valence electrons. The van der Waals surface area contributed by atoms with Crippen molar-refractivity contribution in [1.82, 2.24) is 13.8 Å². The predicted octanol–water partition coefficient (Wildman–Crippen LogP) is 1.56. The number of rotatable bonds is 3. The van der Waals surface area contributed by atoms with Gasteiger partial charge in [-0.3, -0.25) is 9.36 Å². The third kappa shape index (κ3) is 3.39. The van der Waals surface area contributed by atoms with Crippen LogP contribution in [0, 0.1) is 11.6 Å². The molecule has 0 saturated carbocycles. The zero-order valence-electron chi connectivity index (χ0n) is 15.8. The Hall–Kier alpha value is -3.05. The highest BCUT2D eigenvalue weighted by Crippen LogP contribution is 2.23. The number of benzene rings is 2. The maximum atomic E-state index is 13.4. The summed E-state index contributed by atoms with van der Waals surface area (Å²) in [6.07, 6.45) is 0. The Bertz CT molecular complexity index is 1310. The summed E-state index contributed by atoms with van der Waals surface area (Å²) in [6.45, 7) is 0.266. The molecule has 0 spiro atoms. The average Bonchev–Trinajstić information content (AvgIpc) is 3.02. The van der Waals surface area contributed by atoms with Crippen molar-refractivity contribution in [2.45, 2.75) is 4.90 Å². The van der Waals surface area contributed by atoms with E-state index in [9.17, 15) is 26.8 Å². The molecule has 1 aromatic heterocycles. The number of sulfonamides is 1. The molecule has 4 rings (SSSR count). The molecule has 3 aromatic rings. The van der Waals surface area contributed by atoms with E-state index in [1.807, 2.05) is 0 Å². The van der Waals surface area contributed by atoms with Crippen molar-refractivity contribution in [2.24, 2.45) is 7.05 Å². The Morgan fingerprint density at radius 2 is 1.70 bits per heavy atom. The number of aryl methyl sites for hydroxylation is 1.